The van der Waals surface area contributed by atoms with Crippen molar-refractivity contribution in [3.63, 3.8) is 0 Å². The van der Waals surface area contributed by atoms with E-state index in [1.165, 1.54) is 11.8 Å². The SMILES string of the molecule is COc1ccc(N2C(=NC(=O)Cc3ccccc3Cl)S[C@@H]3CS(=O)(=O)C[C@H]32)cc1. The molecule has 0 bridgehead atoms. The Balaban J connectivity index is 1.64. The summed E-state index contributed by atoms with van der Waals surface area (Å²) in [6.07, 6.45) is 0.0911. The van der Waals surface area contributed by atoms with Gasteiger partial charge in [0.25, 0.3) is 5.91 Å². The van der Waals surface area contributed by atoms with Gasteiger partial charge in [-0.15, -0.1) is 0 Å². The lowest BCUT2D eigenvalue weighted by Gasteiger charge is -2.24. The highest BCUT2D eigenvalue weighted by atomic mass is 35.5. The molecule has 2 saturated heterocycles. The summed E-state index contributed by atoms with van der Waals surface area (Å²) in [7, 11) is -1.53. The van der Waals surface area contributed by atoms with Crippen LogP contribution in [0.3, 0.4) is 0 Å². The van der Waals surface area contributed by atoms with Crippen LogP contribution in [0.4, 0.5) is 5.69 Å². The highest BCUT2D eigenvalue weighted by Crippen LogP contribution is 2.41. The minimum atomic E-state index is -3.11. The standard InChI is InChI=1S/C20H19ClN2O4S2/c1-27-15-8-6-14(7-9-15)23-17-11-29(25,26)12-18(17)28-20(23)22-19(24)10-13-4-2-3-5-16(13)21/h2-9,17-18H,10-12H2,1H3/t17-,18-/m1/s1. The predicted molar refractivity (Wildman–Crippen MR) is 117 cm³/mol. The maximum Gasteiger partial charge on any atom is 0.252 e. The average molecular weight is 451 g/mol. The molecule has 1 amide bonds. The fraction of sp³-hybridized carbons (Fsp3) is 0.300. The molecule has 2 atom stereocenters. The number of nitrogens with zero attached hydrogens (tertiary/aromatic N) is 2. The van der Waals surface area contributed by atoms with Gasteiger partial charge >= 0.3 is 0 Å². The Morgan fingerprint density at radius 3 is 2.62 bits per heavy atom. The van der Waals surface area contributed by atoms with Crippen LogP contribution in [0.5, 0.6) is 5.75 Å². The summed E-state index contributed by atoms with van der Waals surface area (Å²) in [6.45, 7) is 0. The van der Waals surface area contributed by atoms with Crippen LogP contribution in [-0.4, -0.2) is 49.4 Å². The number of thioether (sulfide) groups is 1. The van der Waals surface area contributed by atoms with Gasteiger partial charge in [-0.25, -0.2) is 8.42 Å². The molecule has 29 heavy (non-hydrogen) atoms. The number of ether oxygens (including phenoxy) is 1. The zero-order valence-electron chi connectivity index (χ0n) is 15.6. The Kier molecular flexibility index (Phi) is 5.59. The van der Waals surface area contributed by atoms with E-state index in [1.807, 2.05) is 29.2 Å². The molecule has 0 unspecified atom stereocenters. The maximum atomic E-state index is 12.6. The van der Waals surface area contributed by atoms with Crippen molar-refractivity contribution >= 4 is 50.0 Å². The number of halogens is 1. The maximum absolute atomic E-state index is 12.6. The van der Waals surface area contributed by atoms with Gasteiger partial charge < -0.3 is 9.64 Å². The summed E-state index contributed by atoms with van der Waals surface area (Å²) >= 11 is 7.50. The lowest BCUT2D eigenvalue weighted by Crippen LogP contribution is -2.37. The number of amidine groups is 1. The second-order valence-corrected chi connectivity index (χ2v) is 10.7. The first-order valence-electron chi connectivity index (χ1n) is 9.01. The normalized spacial score (nSPS) is 23.9. The van der Waals surface area contributed by atoms with E-state index in [2.05, 4.69) is 4.99 Å². The van der Waals surface area contributed by atoms with E-state index in [-0.39, 0.29) is 35.1 Å². The summed E-state index contributed by atoms with van der Waals surface area (Å²) < 4.78 is 29.5. The molecule has 2 fully saturated rings. The molecule has 0 spiro atoms. The van der Waals surface area contributed by atoms with Gasteiger partial charge in [0.1, 0.15) is 5.75 Å². The molecule has 2 aromatic rings. The number of rotatable bonds is 4. The lowest BCUT2D eigenvalue weighted by molar-refractivity contribution is -0.117. The topological polar surface area (TPSA) is 76.0 Å². The molecule has 0 N–H and O–H groups in total. The van der Waals surface area contributed by atoms with E-state index in [1.54, 1.807) is 31.4 Å². The molecule has 0 aromatic heterocycles. The first-order valence-corrected chi connectivity index (χ1v) is 12.1. The van der Waals surface area contributed by atoms with Gasteiger partial charge in [0.05, 0.1) is 31.1 Å². The number of hydrogen-bond acceptors (Lipinski definition) is 5. The molecule has 9 heteroatoms. The molecule has 2 aliphatic rings. The number of carbonyl (C=O) groups is 1. The number of methoxy groups -OCH3 is 1. The number of fused-ring (bicyclic) bond motifs is 1. The third-order valence-corrected chi connectivity index (χ3v) is 8.52. The molecule has 2 heterocycles. The van der Waals surface area contributed by atoms with Crippen LogP contribution in [0.1, 0.15) is 5.56 Å². The van der Waals surface area contributed by atoms with Crippen LogP contribution in [0, 0.1) is 0 Å². The highest BCUT2D eigenvalue weighted by molar-refractivity contribution is 8.16. The summed E-state index contributed by atoms with van der Waals surface area (Å²) in [4.78, 5) is 18.8. The third kappa shape index (κ3) is 4.29. The number of aliphatic imine (C=N–C) groups is 1. The molecule has 152 valence electrons. The number of amides is 1. The van der Waals surface area contributed by atoms with Gasteiger partial charge in [-0.05, 0) is 35.9 Å². The molecule has 4 rings (SSSR count). The fourth-order valence-electron chi connectivity index (χ4n) is 3.56. The van der Waals surface area contributed by atoms with Gasteiger partial charge in [0, 0.05) is 16.0 Å². The van der Waals surface area contributed by atoms with E-state index in [0.717, 1.165) is 5.69 Å². The van der Waals surface area contributed by atoms with Crippen LogP contribution >= 0.6 is 23.4 Å². The van der Waals surface area contributed by atoms with E-state index < -0.39 is 9.84 Å². The average Bonchev–Trinajstić information content (AvgIpc) is 3.14. The van der Waals surface area contributed by atoms with Crippen LogP contribution in [0.15, 0.2) is 53.5 Å². The lowest BCUT2D eigenvalue weighted by atomic mass is 10.1. The second-order valence-electron chi connectivity index (χ2n) is 6.92. The Morgan fingerprint density at radius 2 is 1.93 bits per heavy atom. The highest BCUT2D eigenvalue weighted by Gasteiger charge is 2.49. The van der Waals surface area contributed by atoms with Gasteiger partial charge in [-0.2, -0.15) is 4.99 Å². The second kappa shape index (κ2) is 8.01. The number of hydrogen-bond donors (Lipinski definition) is 0. The van der Waals surface area contributed by atoms with Gasteiger partial charge in [-0.3, -0.25) is 4.79 Å². The Bertz CT molecular complexity index is 1070. The van der Waals surface area contributed by atoms with Crippen molar-refractivity contribution in [3.05, 3.63) is 59.1 Å². The smallest absolute Gasteiger partial charge is 0.252 e. The zero-order chi connectivity index (χ0) is 20.6. The Morgan fingerprint density at radius 1 is 1.21 bits per heavy atom. The molecule has 0 aliphatic carbocycles. The minimum Gasteiger partial charge on any atom is -0.497 e. The summed E-state index contributed by atoms with van der Waals surface area (Å²) in [5.41, 5.74) is 1.50. The van der Waals surface area contributed by atoms with E-state index in [4.69, 9.17) is 16.3 Å². The summed E-state index contributed by atoms with van der Waals surface area (Å²) in [5.74, 6) is 0.521. The minimum absolute atomic E-state index is 0.0500. The van der Waals surface area contributed by atoms with Crippen molar-refractivity contribution in [2.45, 2.75) is 17.7 Å². The molecule has 0 radical (unpaired) electrons. The van der Waals surface area contributed by atoms with E-state index in [9.17, 15) is 13.2 Å². The van der Waals surface area contributed by atoms with Crippen LogP contribution in [-0.2, 0) is 21.1 Å². The van der Waals surface area contributed by atoms with E-state index in [0.29, 0.717) is 21.5 Å². The van der Waals surface area contributed by atoms with Crippen molar-refractivity contribution in [3.8, 4) is 5.75 Å². The monoisotopic (exact) mass is 450 g/mol. The van der Waals surface area contributed by atoms with Crippen LogP contribution < -0.4 is 9.64 Å². The molecule has 6 nitrogen and oxygen atoms in total. The quantitative estimate of drug-likeness (QED) is 0.712. The van der Waals surface area contributed by atoms with Crippen molar-refractivity contribution < 1.29 is 17.9 Å². The zero-order valence-corrected chi connectivity index (χ0v) is 18.0. The van der Waals surface area contributed by atoms with E-state index >= 15 is 0 Å². The van der Waals surface area contributed by atoms with Crippen LogP contribution in [0.2, 0.25) is 5.02 Å². The Labute approximate surface area is 178 Å². The third-order valence-electron chi connectivity index (χ3n) is 4.94. The molecule has 2 aliphatic heterocycles. The van der Waals surface area contributed by atoms with Gasteiger partial charge in [-0.1, -0.05) is 41.6 Å². The molecular weight excluding hydrogens is 432 g/mol. The van der Waals surface area contributed by atoms with Crippen molar-refractivity contribution in [2.24, 2.45) is 4.99 Å². The number of sulfone groups is 1. The van der Waals surface area contributed by atoms with Crippen LogP contribution in [0.25, 0.3) is 0 Å². The largest absolute Gasteiger partial charge is 0.497 e. The molecule has 0 saturated carbocycles. The summed E-state index contributed by atoms with van der Waals surface area (Å²) in [5, 5.41) is 0.904. The first kappa shape index (κ1) is 20.3. The number of anilines is 1. The molecular formula is C20H19ClN2O4S2. The van der Waals surface area contributed by atoms with Gasteiger partial charge in [0.2, 0.25) is 0 Å². The van der Waals surface area contributed by atoms with Gasteiger partial charge in [0.15, 0.2) is 15.0 Å². The van der Waals surface area contributed by atoms with Crippen molar-refractivity contribution in [1.82, 2.24) is 0 Å². The Hall–Kier alpha value is -2.03. The van der Waals surface area contributed by atoms with Crippen molar-refractivity contribution in [2.75, 3.05) is 23.5 Å². The number of carbonyl (C=O) groups excluding carboxylic acids is 1. The fourth-order valence-corrected chi connectivity index (χ4v) is 7.69. The first-order chi connectivity index (χ1) is 13.9. The van der Waals surface area contributed by atoms with Crippen molar-refractivity contribution in [1.29, 1.82) is 0 Å². The molecule has 2 aromatic carbocycles. The predicted octanol–water partition coefficient (Wildman–Crippen LogP) is 3.19. The number of benzene rings is 2. The summed E-state index contributed by atoms with van der Waals surface area (Å²) in [6, 6.07) is 14.2.